The van der Waals surface area contributed by atoms with Gasteiger partial charge in [-0.3, -0.25) is 4.79 Å². The molecule has 24 heavy (non-hydrogen) atoms. The van der Waals surface area contributed by atoms with E-state index in [1.807, 2.05) is 40.6 Å². The Labute approximate surface area is 144 Å². The average molecular weight is 339 g/mol. The van der Waals surface area contributed by atoms with Gasteiger partial charge in [0.2, 0.25) is 0 Å². The minimum Gasteiger partial charge on any atom is -0.333 e. The van der Waals surface area contributed by atoms with E-state index < -0.39 is 0 Å². The van der Waals surface area contributed by atoms with Crippen LogP contribution in [0.15, 0.2) is 59.1 Å². The maximum absolute atomic E-state index is 12.9. The molecule has 6 heteroatoms. The van der Waals surface area contributed by atoms with E-state index in [2.05, 4.69) is 22.8 Å². The van der Waals surface area contributed by atoms with Crippen LogP contribution in [0.2, 0.25) is 0 Å². The highest BCUT2D eigenvalue weighted by Crippen LogP contribution is 2.34. The molecule has 0 fully saturated rings. The van der Waals surface area contributed by atoms with Crippen molar-refractivity contribution in [1.29, 1.82) is 0 Å². The molecule has 1 aromatic heterocycles. The Morgan fingerprint density at radius 3 is 2.71 bits per heavy atom. The largest absolute Gasteiger partial charge is 0.333 e. The van der Waals surface area contributed by atoms with Crippen molar-refractivity contribution in [3.8, 4) is 0 Å². The number of hydrogen-bond donors (Lipinski definition) is 2. The lowest BCUT2D eigenvalue weighted by Gasteiger charge is -2.24. The van der Waals surface area contributed by atoms with Gasteiger partial charge in [-0.05, 0) is 23.4 Å². The van der Waals surface area contributed by atoms with Crippen molar-refractivity contribution in [2.24, 2.45) is 0 Å². The van der Waals surface area contributed by atoms with Gasteiger partial charge < -0.3 is 15.5 Å². The maximum Gasteiger partial charge on any atom is 0.319 e. The quantitative estimate of drug-likeness (QED) is 0.899. The van der Waals surface area contributed by atoms with E-state index in [1.54, 1.807) is 11.3 Å². The molecule has 0 saturated heterocycles. The molecule has 0 spiro atoms. The van der Waals surface area contributed by atoms with Crippen LogP contribution in [0, 0.1) is 0 Å². The Kier molecular flexibility index (Phi) is 3.82. The summed E-state index contributed by atoms with van der Waals surface area (Å²) in [6, 6.07) is 13.4. The molecule has 5 nitrogen and oxygen atoms in total. The first kappa shape index (κ1) is 15.0. The van der Waals surface area contributed by atoms with Gasteiger partial charge in [-0.1, -0.05) is 36.4 Å². The third-order valence-electron chi connectivity index (χ3n) is 4.36. The Bertz CT molecular complexity index is 799. The highest BCUT2D eigenvalue weighted by atomic mass is 32.1. The Hall–Kier alpha value is -2.60. The standard InChI is InChI=1S/C18H17N3O2S/c22-17-15-13(11-21(17)9-8-12-5-2-1-3-6-12)19-18(23)20-16(15)14-7-4-10-24-14/h1-7,10,16H,8-9,11H2,(H2,19,20,23). The molecule has 2 aliphatic heterocycles. The van der Waals surface area contributed by atoms with Crippen molar-refractivity contribution in [2.45, 2.75) is 12.5 Å². The third-order valence-corrected chi connectivity index (χ3v) is 5.30. The fourth-order valence-electron chi connectivity index (χ4n) is 3.19. The van der Waals surface area contributed by atoms with E-state index in [9.17, 15) is 9.59 Å². The minimum absolute atomic E-state index is 0.00633. The summed E-state index contributed by atoms with van der Waals surface area (Å²) in [5.41, 5.74) is 2.60. The second-order valence-electron chi connectivity index (χ2n) is 5.90. The molecule has 1 atom stereocenters. The predicted octanol–water partition coefficient (Wildman–Crippen LogP) is 2.44. The number of carbonyl (C=O) groups is 2. The third kappa shape index (κ3) is 2.69. The van der Waals surface area contributed by atoms with Crippen LogP contribution in [-0.4, -0.2) is 29.9 Å². The first-order valence-electron chi connectivity index (χ1n) is 7.89. The molecule has 3 heterocycles. The SMILES string of the molecule is O=C1NC2=C(C(=O)N(CCc3ccccc3)C2)C(c2cccs2)N1. The monoisotopic (exact) mass is 339 g/mol. The van der Waals surface area contributed by atoms with Crippen molar-refractivity contribution in [1.82, 2.24) is 15.5 Å². The number of nitrogens with zero attached hydrogens (tertiary/aromatic N) is 1. The molecule has 4 rings (SSSR count). The number of benzene rings is 1. The summed E-state index contributed by atoms with van der Waals surface area (Å²) >= 11 is 1.55. The molecule has 3 amide bonds. The number of carbonyl (C=O) groups excluding carboxylic acids is 2. The fourth-order valence-corrected chi connectivity index (χ4v) is 3.97. The smallest absolute Gasteiger partial charge is 0.319 e. The fraction of sp³-hybridized carbons (Fsp3) is 0.222. The van der Waals surface area contributed by atoms with Crippen LogP contribution in [0.25, 0.3) is 0 Å². The first-order valence-corrected chi connectivity index (χ1v) is 8.77. The molecule has 2 aromatic rings. The van der Waals surface area contributed by atoms with Crippen LogP contribution in [0.5, 0.6) is 0 Å². The molecular formula is C18H17N3O2S. The predicted molar refractivity (Wildman–Crippen MR) is 92.5 cm³/mol. The van der Waals surface area contributed by atoms with Gasteiger partial charge in [0.1, 0.15) is 0 Å². The lowest BCUT2D eigenvalue weighted by molar-refractivity contribution is -0.125. The summed E-state index contributed by atoms with van der Waals surface area (Å²) in [6.07, 6.45) is 0.804. The molecule has 1 unspecified atom stereocenters. The summed E-state index contributed by atoms with van der Waals surface area (Å²) in [5.74, 6) is 0.00633. The van der Waals surface area contributed by atoms with E-state index in [-0.39, 0.29) is 18.0 Å². The van der Waals surface area contributed by atoms with Crippen LogP contribution in [0.3, 0.4) is 0 Å². The summed E-state index contributed by atoms with van der Waals surface area (Å²) in [5, 5.41) is 7.63. The van der Waals surface area contributed by atoms with Gasteiger partial charge in [-0.15, -0.1) is 11.3 Å². The van der Waals surface area contributed by atoms with Gasteiger partial charge in [0.15, 0.2) is 0 Å². The number of hydrogen-bond acceptors (Lipinski definition) is 3. The van der Waals surface area contributed by atoms with E-state index in [0.29, 0.717) is 18.7 Å². The second kappa shape index (κ2) is 6.13. The van der Waals surface area contributed by atoms with E-state index >= 15 is 0 Å². The van der Waals surface area contributed by atoms with Crippen molar-refractivity contribution in [3.05, 3.63) is 69.6 Å². The van der Waals surface area contributed by atoms with Crippen molar-refractivity contribution >= 4 is 23.3 Å². The summed E-state index contributed by atoms with van der Waals surface area (Å²) in [7, 11) is 0. The molecular weight excluding hydrogens is 322 g/mol. The van der Waals surface area contributed by atoms with Gasteiger partial charge in [0, 0.05) is 11.4 Å². The first-order chi connectivity index (χ1) is 11.7. The van der Waals surface area contributed by atoms with E-state index in [1.165, 1.54) is 5.56 Å². The molecule has 0 aliphatic carbocycles. The van der Waals surface area contributed by atoms with Crippen LogP contribution in [0.1, 0.15) is 16.5 Å². The van der Waals surface area contributed by atoms with Crippen LogP contribution in [0.4, 0.5) is 4.79 Å². The number of amides is 3. The van der Waals surface area contributed by atoms with Crippen molar-refractivity contribution < 1.29 is 9.59 Å². The number of rotatable bonds is 4. The van der Waals surface area contributed by atoms with Crippen molar-refractivity contribution in [2.75, 3.05) is 13.1 Å². The van der Waals surface area contributed by atoms with Crippen molar-refractivity contribution in [3.63, 3.8) is 0 Å². The summed E-state index contributed by atoms with van der Waals surface area (Å²) < 4.78 is 0. The van der Waals surface area contributed by atoms with Crippen LogP contribution in [-0.2, 0) is 11.2 Å². The Balaban J connectivity index is 1.53. The number of thiophene rings is 1. The van der Waals surface area contributed by atoms with E-state index in [4.69, 9.17) is 0 Å². The Morgan fingerprint density at radius 1 is 1.12 bits per heavy atom. The highest BCUT2D eigenvalue weighted by molar-refractivity contribution is 7.10. The number of nitrogens with one attached hydrogen (secondary N) is 2. The van der Waals surface area contributed by atoms with Gasteiger partial charge >= 0.3 is 6.03 Å². The normalized spacial score (nSPS) is 20.0. The number of urea groups is 1. The van der Waals surface area contributed by atoms with Gasteiger partial charge in [0.25, 0.3) is 5.91 Å². The minimum atomic E-state index is -0.344. The Morgan fingerprint density at radius 2 is 1.96 bits per heavy atom. The second-order valence-corrected chi connectivity index (χ2v) is 6.88. The zero-order valence-electron chi connectivity index (χ0n) is 13.0. The highest BCUT2D eigenvalue weighted by Gasteiger charge is 2.40. The zero-order valence-corrected chi connectivity index (χ0v) is 13.8. The summed E-state index contributed by atoms with van der Waals surface area (Å²) in [6.45, 7) is 1.11. The van der Waals surface area contributed by atoms with E-state index in [0.717, 1.165) is 17.0 Å². The molecule has 0 saturated carbocycles. The molecule has 2 N–H and O–H groups in total. The van der Waals surface area contributed by atoms with Crippen LogP contribution < -0.4 is 10.6 Å². The summed E-state index contributed by atoms with van der Waals surface area (Å²) in [4.78, 5) is 27.6. The van der Waals surface area contributed by atoms with Gasteiger partial charge in [-0.2, -0.15) is 0 Å². The molecule has 122 valence electrons. The van der Waals surface area contributed by atoms with Crippen LogP contribution >= 0.6 is 11.3 Å². The van der Waals surface area contributed by atoms with Gasteiger partial charge in [-0.25, -0.2) is 4.79 Å². The molecule has 0 bridgehead atoms. The lowest BCUT2D eigenvalue weighted by Crippen LogP contribution is -2.44. The maximum atomic E-state index is 12.9. The lowest BCUT2D eigenvalue weighted by atomic mass is 10.0. The molecule has 0 radical (unpaired) electrons. The zero-order chi connectivity index (χ0) is 16.5. The average Bonchev–Trinajstić information content (AvgIpc) is 3.22. The van der Waals surface area contributed by atoms with Gasteiger partial charge in [0.05, 0.1) is 23.9 Å². The topological polar surface area (TPSA) is 61.4 Å². The molecule has 2 aliphatic rings. The molecule has 1 aromatic carbocycles.